The van der Waals surface area contributed by atoms with Gasteiger partial charge in [-0.25, -0.2) is 0 Å². The predicted molar refractivity (Wildman–Crippen MR) is 73.1 cm³/mol. The van der Waals surface area contributed by atoms with Gasteiger partial charge in [-0.15, -0.1) is 0 Å². The largest absolute Gasteiger partial charge is 0.378 e. The normalized spacial score (nSPS) is 19.9. The number of piperazine rings is 1. The van der Waals surface area contributed by atoms with E-state index in [0.717, 1.165) is 32.3 Å². The molecule has 0 amide bonds. The summed E-state index contributed by atoms with van der Waals surface area (Å²) in [6.45, 7) is 18.6. The van der Waals surface area contributed by atoms with Gasteiger partial charge in [0.15, 0.2) is 0 Å². The van der Waals surface area contributed by atoms with Crippen molar-refractivity contribution in [2.45, 2.75) is 47.6 Å². The van der Waals surface area contributed by atoms with Crippen LogP contribution in [0.4, 0.5) is 0 Å². The lowest BCUT2D eigenvalue weighted by Crippen LogP contribution is -2.55. The van der Waals surface area contributed by atoms with Crippen LogP contribution in [0.2, 0.25) is 0 Å². The lowest BCUT2D eigenvalue weighted by Gasteiger charge is -2.39. The van der Waals surface area contributed by atoms with Crippen LogP contribution in [0.15, 0.2) is 0 Å². The van der Waals surface area contributed by atoms with Crippen LogP contribution in [0.1, 0.15) is 41.5 Å². The minimum atomic E-state index is 0.738. The van der Waals surface area contributed by atoms with Crippen LogP contribution >= 0.6 is 0 Å². The molecule has 0 atom stereocenters. The zero-order valence-electron chi connectivity index (χ0n) is 12.2. The van der Waals surface area contributed by atoms with Gasteiger partial charge in [0.25, 0.3) is 0 Å². The van der Waals surface area contributed by atoms with Gasteiger partial charge in [-0.2, -0.15) is 0 Å². The van der Waals surface area contributed by atoms with Crippen LogP contribution in [0.25, 0.3) is 0 Å². The first-order chi connectivity index (χ1) is 7.97. The fourth-order valence-electron chi connectivity index (χ4n) is 1.48. The molecule has 16 heavy (non-hydrogen) atoms. The molecule has 0 spiro atoms. The molecular weight excluding hydrogens is 200 g/mol. The topological polar surface area (TPSA) is 24.5 Å². The summed E-state index contributed by atoms with van der Waals surface area (Å²) in [5.41, 5.74) is 0. The fourth-order valence-corrected chi connectivity index (χ4v) is 1.48. The van der Waals surface area contributed by atoms with Crippen LogP contribution in [0.3, 0.4) is 0 Å². The Morgan fingerprint density at radius 2 is 1.31 bits per heavy atom. The van der Waals surface area contributed by atoms with E-state index in [1.165, 1.54) is 13.1 Å². The van der Waals surface area contributed by atoms with E-state index in [2.05, 4.69) is 10.2 Å². The second kappa shape index (κ2) is 14.9. The van der Waals surface area contributed by atoms with Gasteiger partial charge in [-0.05, 0) is 0 Å². The molecule has 0 saturated carbocycles. The summed E-state index contributed by atoms with van der Waals surface area (Å²) in [7, 11) is 0. The summed E-state index contributed by atoms with van der Waals surface area (Å²) in [4.78, 5) is 2.51. The van der Waals surface area contributed by atoms with Gasteiger partial charge in [0.1, 0.15) is 0 Å². The van der Waals surface area contributed by atoms with Crippen LogP contribution in [-0.4, -0.2) is 50.3 Å². The molecule has 0 bridgehead atoms. The molecule has 0 radical (unpaired) electrons. The lowest BCUT2D eigenvalue weighted by molar-refractivity contribution is -0.0677. The number of nitrogens with zero attached hydrogens (tertiary/aromatic N) is 1. The van der Waals surface area contributed by atoms with E-state index in [1.807, 2.05) is 41.5 Å². The molecular formula is C13H32N2O. The molecule has 2 heterocycles. The molecule has 2 aliphatic rings. The summed E-state index contributed by atoms with van der Waals surface area (Å²) in [6.07, 6.45) is 0. The summed E-state index contributed by atoms with van der Waals surface area (Å²) in [5, 5.41) is 3.34. The van der Waals surface area contributed by atoms with Gasteiger partial charge in [0.2, 0.25) is 0 Å². The molecule has 1 N–H and O–H groups in total. The monoisotopic (exact) mass is 232 g/mol. The summed E-state index contributed by atoms with van der Waals surface area (Å²) < 4.78 is 5.13. The number of hydrogen-bond acceptors (Lipinski definition) is 3. The Bertz CT molecular complexity index is 111. The first-order valence-electron chi connectivity index (χ1n) is 6.99. The van der Waals surface area contributed by atoms with Crippen molar-refractivity contribution < 1.29 is 4.74 Å². The number of rotatable bonds is 1. The predicted octanol–water partition coefficient (Wildman–Crippen LogP) is 2.37. The highest BCUT2D eigenvalue weighted by molar-refractivity contribution is 4.80. The van der Waals surface area contributed by atoms with Crippen molar-refractivity contribution in [1.82, 2.24) is 10.2 Å². The van der Waals surface area contributed by atoms with Gasteiger partial charge in [-0.3, -0.25) is 4.90 Å². The third-order valence-corrected chi connectivity index (χ3v) is 2.29. The van der Waals surface area contributed by atoms with E-state index >= 15 is 0 Å². The third-order valence-electron chi connectivity index (χ3n) is 2.29. The van der Waals surface area contributed by atoms with E-state index in [4.69, 9.17) is 4.74 Å². The minimum absolute atomic E-state index is 0.738. The Morgan fingerprint density at radius 3 is 1.62 bits per heavy atom. The first-order valence-corrected chi connectivity index (χ1v) is 6.99. The van der Waals surface area contributed by atoms with Crippen molar-refractivity contribution in [3.8, 4) is 0 Å². The minimum Gasteiger partial charge on any atom is -0.378 e. The Kier molecular flexibility index (Phi) is 17.0. The molecule has 2 rings (SSSR count). The second-order valence-corrected chi connectivity index (χ2v) is 2.98. The zero-order valence-corrected chi connectivity index (χ0v) is 12.2. The van der Waals surface area contributed by atoms with E-state index in [-0.39, 0.29) is 0 Å². The Morgan fingerprint density at radius 1 is 0.875 bits per heavy atom. The highest BCUT2D eigenvalue weighted by atomic mass is 16.5. The molecule has 2 saturated heterocycles. The molecule has 0 aromatic heterocycles. The second-order valence-electron chi connectivity index (χ2n) is 2.98. The van der Waals surface area contributed by atoms with E-state index in [9.17, 15) is 0 Å². The van der Waals surface area contributed by atoms with Crippen LogP contribution in [0, 0.1) is 0 Å². The molecule has 0 unspecified atom stereocenters. The smallest absolute Gasteiger partial charge is 0.0645 e. The summed E-state index contributed by atoms with van der Waals surface area (Å²) in [5.74, 6) is 0. The van der Waals surface area contributed by atoms with E-state index in [0.29, 0.717) is 0 Å². The van der Waals surface area contributed by atoms with Gasteiger partial charge in [-0.1, -0.05) is 41.5 Å². The standard InChI is InChI=1S/C7H14N2O.3C2H6/c1-3-9(4-2-8-1)7-5-10-6-7;3*1-2/h7-8H,1-6H2;3*1-2H3. The molecule has 3 nitrogen and oxygen atoms in total. The number of ether oxygens (including phenoxy) is 1. The van der Waals surface area contributed by atoms with Crippen LogP contribution < -0.4 is 5.32 Å². The van der Waals surface area contributed by atoms with Crippen molar-refractivity contribution in [3.63, 3.8) is 0 Å². The van der Waals surface area contributed by atoms with Crippen molar-refractivity contribution in [2.75, 3.05) is 39.4 Å². The highest BCUT2D eigenvalue weighted by Gasteiger charge is 2.26. The average Bonchev–Trinajstić information content (AvgIpc) is 2.36. The molecule has 3 heteroatoms. The summed E-state index contributed by atoms with van der Waals surface area (Å²) >= 11 is 0. The molecule has 100 valence electrons. The zero-order chi connectivity index (χ0) is 12.8. The third kappa shape index (κ3) is 7.20. The van der Waals surface area contributed by atoms with Crippen LogP contribution in [0.5, 0.6) is 0 Å². The molecule has 2 fully saturated rings. The summed E-state index contributed by atoms with van der Waals surface area (Å²) in [6, 6.07) is 0.738. The van der Waals surface area contributed by atoms with E-state index < -0.39 is 0 Å². The van der Waals surface area contributed by atoms with Crippen molar-refractivity contribution in [3.05, 3.63) is 0 Å². The van der Waals surface area contributed by atoms with Crippen molar-refractivity contribution in [1.29, 1.82) is 0 Å². The van der Waals surface area contributed by atoms with Gasteiger partial charge >= 0.3 is 0 Å². The Labute approximate surface area is 103 Å². The van der Waals surface area contributed by atoms with E-state index in [1.54, 1.807) is 0 Å². The fraction of sp³-hybridized carbons (Fsp3) is 1.00. The lowest BCUT2D eigenvalue weighted by atomic mass is 10.2. The molecule has 2 aliphatic heterocycles. The van der Waals surface area contributed by atoms with Crippen molar-refractivity contribution >= 4 is 0 Å². The molecule has 0 aromatic rings. The maximum Gasteiger partial charge on any atom is 0.0645 e. The number of nitrogens with one attached hydrogen (secondary N) is 1. The first kappa shape index (κ1) is 18.3. The van der Waals surface area contributed by atoms with Crippen LogP contribution in [-0.2, 0) is 4.74 Å². The molecule has 0 aliphatic carbocycles. The maximum atomic E-state index is 5.13. The Balaban J connectivity index is 0. The Hall–Kier alpha value is -0.120. The van der Waals surface area contributed by atoms with Crippen molar-refractivity contribution in [2.24, 2.45) is 0 Å². The highest BCUT2D eigenvalue weighted by Crippen LogP contribution is 2.09. The van der Waals surface area contributed by atoms with Gasteiger partial charge in [0, 0.05) is 26.2 Å². The quantitative estimate of drug-likeness (QED) is 0.751. The number of hydrogen-bond donors (Lipinski definition) is 1. The van der Waals surface area contributed by atoms with Gasteiger partial charge in [0.05, 0.1) is 19.3 Å². The van der Waals surface area contributed by atoms with Gasteiger partial charge < -0.3 is 10.1 Å². The SMILES string of the molecule is C1CN(C2COC2)CCN1.CC.CC.CC. The maximum absolute atomic E-state index is 5.13. The average molecular weight is 232 g/mol. The molecule has 0 aromatic carbocycles.